The molecule has 2 aromatic carbocycles. The third-order valence-corrected chi connectivity index (χ3v) is 2.67. The van der Waals surface area contributed by atoms with E-state index in [-0.39, 0.29) is 11.4 Å². The number of hydrogen-bond acceptors (Lipinski definition) is 2. The summed E-state index contributed by atoms with van der Waals surface area (Å²) >= 11 is 5.80. The molecule has 0 spiro atoms. The van der Waals surface area contributed by atoms with Crippen molar-refractivity contribution < 1.29 is 18.3 Å². The van der Waals surface area contributed by atoms with E-state index in [1.807, 2.05) is 0 Å². The first-order chi connectivity index (χ1) is 10.0. The van der Waals surface area contributed by atoms with Gasteiger partial charge in [-0.2, -0.15) is 8.78 Å². The molecule has 0 aliphatic carbocycles. The Bertz CT molecular complexity index is 638. The highest BCUT2D eigenvalue weighted by molar-refractivity contribution is 6.30. The van der Waals surface area contributed by atoms with Gasteiger partial charge >= 0.3 is 12.6 Å². The molecule has 0 atom stereocenters. The van der Waals surface area contributed by atoms with E-state index in [0.717, 1.165) is 0 Å². The van der Waals surface area contributed by atoms with Crippen LogP contribution in [0.2, 0.25) is 5.02 Å². The molecule has 110 valence electrons. The fourth-order valence-corrected chi connectivity index (χ4v) is 1.81. The maximum absolute atomic E-state index is 12.3. The predicted octanol–water partition coefficient (Wildman–Crippen LogP) is 4.59. The molecule has 7 heteroatoms. The van der Waals surface area contributed by atoms with E-state index >= 15 is 0 Å². The van der Waals surface area contributed by atoms with E-state index in [0.29, 0.717) is 10.7 Å². The highest BCUT2D eigenvalue weighted by Crippen LogP contribution is 2.25. The molecule has 0 aromatic heterocycles. The van der Waals surface area contributed by atoms with Gasteiger partial charge < -0.3 is 15.4 Å². The van der Waals surface area contributed by atoms with Gasteiger partial charge in [0, 0.05) is 10.7 Å². The summed E-state index contributed by atoms with van der Waals surface area (Å²) in [5, 5.41) is 5.43. The molecule has 2 N–H and O–H groups in total. The lowest BCUT2D eigenvalue weighted by atomic mass is 10.3. The van der Waals surface area contributed by atoms with Gasteiger partial charge in [0.15, 0.2) is 0 Å². The van der Waals surface area contributed by atoms with Crippen molar-refractivity contribution in [3.63, 3.8) is 0 Å². The van der Waals surface area contributed by atoms with Gasteiger partial charge in [0.2, 0.25) is 0 Å². The zero-order chi connectivity index (χ0) is 15.2. The number of benzene rings is 2. The number of carbonyl (C=O) groups excluding carboxylic acids is 1. The molecule has 0 radical (unpaired) electrons. The van der Waals surface area contributed by atoms with Gasteiger partial charge in [-0.15, -0.1) is 0 Å². The summed E-state index contributed by atoms with van der Waals surface area (Å²) < 4.78 is 28.8. The normalized spacial score (nSPS) is 10.3. The molecule has 21 heavy (non-hydrogen) atoms. The van der Waals surface area contributed by atoms with E-state index in [2.05, 4.69) is 15.4 Å². The first-order valence-electron chi connectivity index (χ1n) is 5.92. The first-order valence-corrected chi connectivity index (χ1v) is 6.30. The van der Waals surface area contributed by atoms with Crippen molar-refractivity contribution in [2.45, 2.75) is 6.61 Å². The molecule has 0 fully saturated rings. The van der Waals surface area contributed by atoms with Crippen LogP contribution in [-0.4, -0.2) is 12.6 Å². The predicted molar refractivity (Wildman–Crippen MR) is 77.2 cm³/mol. The van der Waals surface area contributed by atoms with Crippen LogP contribution in [0.4, 0.5) is 25.0 Å². The minimum atomic E-state index is -2.97. The van der Waals surface area contributed by atoms with Crippen LogP contribution in [0.1, 0.15) is 0 Å². The number of carbonyl (C=O) groups is 1. The molecule has 2 amide bonds. The van der Waals surface area contributed by atoms with E-state index in [4.69, 9.17) is 11.6 Å². The number of nitrogens with one attached hydrogen (secondary N) is 2. The quantitative estimate of drug-likeness (QED) is 0.867. The monoisotopic (exact) mass is 312 g/mol. The van der Waals surface area contributed by atoms with Gasteiger partial charge in [0.25, 0.3) is 0 Å². The average molecular weight is 313 g/mol. The SMILES string of the molecule is O=C(Nc1cccc(Cl)c1)Nc1ccccc1OC(F)F. The molecule has 0 heterocycles. The van der Waals surface area contributed by atoms with Crippen LogP contribution in [0.3, 0.4) is 0 Å². The molecule has 0 unspecified atom stereocenters. The molecule has 0 saturated heterocycles. The fraction of sp³-hybridized carbons (Fsp3) is 0.0714. The standard InChI is InChI=1S/C14H11ClF2N2O2/c15-9-4-3-5-10(8-9)18-14(20)19-11-6-1-2-7-12(11)21-13(16)17/h1-8,13H,(H2,18,19,20). The van der Waals surface area contributed by atoms with Crippen molar-refractivity contribution >= 4 is 29.0 Å². The van der Waals surface area contributed by atoms with Crippen LogP contribution in [0, 0.1) is 0 Å². The van der Waals surface area contributed by atoms with Crippen molar-refractivity contribution in [3.8, 4) is 5.75 Å². The van der Waals surface area contributed by atoms with Crippen LogP contribution in [0.5, 0.6) is 5.75 Å². The Kier molecular flexibility index (Phi) is 4.94. The summed E-state index contributed by atoms with van der Waals surface area (Å²) in [5.74, 6) is -0.117. The summed E-state index contributed by atoms with van der Waals surface area (Å²) in [4.78, 5) is 11.8. The smallest absolute Gasteiger partial charge is 0.387 e. The van der Waals surface area contributed by atoms with Crippen molar-refractivity contribution in [1.29, 1.82) is 0 Å². The molecule has 0 saturated carbocycles. The number of rotatable bonds is 4. The molecule has 2 rings (SSSR count). The van der Waals surface area contributed by atoms with Crippen molar-refractivity contribution in [1.82, 2.24) is 0 Å². The second kappa shape index (κ2) is 6.90. The zero-order valence-electron chi connectivity index (χ0n) is 10.6. The lowest BCUT2D eigenvalue weighted by Crippen LogP contribution is -2.20. The topological polar surface area (TPSA) is 50.4 Å². The van der Waals surface area contributed by atoms with Crippen LogP contribution >= 0.6 is 11.6 Å². The van der Waals surface area contributed by atoms with Crippen molar-refractivity contribution in [2.75, 3.05) is 10.6 Å². The number of ether oxygens (including phenoxy) is 1. The molecule has 0 aliphatic rings. The molecule has 0 aliphatic heterocycles. The third-order valence-electron chi connectivity index (χ3n) is 2.43. The first kappa shape index (κ1) is 15.1. The van der Waals surface area contributed by atoms with E-state index < -0.39 is 12.6 Å². The summed E-state index contributed by atoms with van der Waals surface area (Å²) in [7, 11) is 0. The average Bonchev–Trinajstić information content (AvgIpc) is 2.40. The van der Waals surface area contributed by atoms with Gasteiger partial charge in [-0.1, -0.05) is 29.8 Å². The minimum absolute atomic E-state index is 0.117. The van der Waals surface area contributed by atoms with Crippen molar-refractivity contribution in [3.05, 3.63) is 53.6 Å². The summed E-state index contributed by atoms with van der Waals surface area (Å²) in [5.41, 5.74) is 0.615. The molecule has 4 nitrogen and oxygen atoms in total. The lowest BCUT2D eigenvalue weighted by molar-refractivity contribution is -0.0493. The Balaban J connectivity index is 2.06. The van der Waals surface area contributed by atoms with Gasteiger partial charge in [-0.25, -0.2) is 4.79 Å². The molecular weight excluding hydrogens is 302 g/mol. The Morgan fingerprint density at radius 3 is 2.57 bits per heavy atom. The maximum Gasteiger partial charge on any atom is 0.387 e. The Hall–Kier alpha value is -2.34. The second-order valence-electron chi connectivity index (χ2n) is 3.96. The van der Waals surface area contributed by atoms with Crippen LogP contribution in [0.25, 0.3) is 0 Å². The summed E-state index contributed by atoms with van der Waals surface area (Å²) in [6, 6.07) is 11.8. The summed E-state index contributed by atoms with van der Waals surface area (Å²) in [6.07, 6.45) is 0. The number of urea groups is 1. The second-order valence-corrected chi connectivity index (χ2v) is 4.40. The highest BCUT2D eigenvalue weighted by Gasteiger charge is 2.11. The van der Waals surface area contributed by atoms with Gasteiger partial charge in [0.05, 0.1) is 5.69 Å². The largest absolute Gasteiger partial charge is 0.433 e. The molecule has 2 aromatic rings. The van der Waals surface area contributed by atoms with Gasteiger partial charge in [-0.05, 0) is 30.3 Å². The van der Waals surface area contributed by atoms with Crippen LogP contribution in [-0.2, 0) is 0 Å². The number of anilines is 2. The maximum atomic E-state index is 12.3. The Morgan fingerprint density at radius 1 is 1.10 bits per heavy atom. The third kappa shape index (κ3) is 4.61. The van der Waals surface area contributed by atoms with E-state index in [9.17, 15) is 13.6 Å². The highest BCUT2D eigenvalue weighted by atomic mass is 35.5. The van der Waals surface area contributed by atoms with Gasteiger partial charge in [0.1, 0.15) is 5.75 Å². The Morgan fingerprint density at radius 2 is 1.86 bits per heavy atom. The van der Waals surface area contributed by atoms with Crippen LogP contribution in [0.15, 0.2) is 48.5 Å². The Labute approximate surface area is 124 Å². The number of alkyl halides is 2. The molecular formula is C14H11ClF2N2O2. The van der Waals surface area contributed by atoms with Crippen molar-refractivity contribution in [2.24, 2.45) is 0 Å². The number of amides is 2. The number of para-hydroxylation sites is 2. The molecule has 0 bridgehead atoms. The van der Waals surface area contributed by atoms with E-state index in [1.54, 1.807) is 30.3 Å². The number of halogens is 3. The van der Waals surface area contributed by atoms with E-state index in [1.165, 1.54) is 18.2 Å². The van der Waals surface area contributed by atoms with Gasteiger partial charge in [-0.3, -0.25) is 0 Å². The lowest BCUT2D eigenvalue weighted by Gasteiger charge is -2.12. The van der Waals surface area contributed by atoms with Crippen LogP contribution < -0.4 is 15.4 Å². The minimum Gasteiger partial charge on any atom is -0.433 e. The summed E-state index contributed by atoms with van der Waals surface area (Å²) in [6.45, 7) is -2.97. The fourth-order valence-electron chi connectivity index (χ4n) is 1.62. The zero-order valence-corrected chi connectivity index (χ0v) is 11.4. The number of hydrogen-bond donors (Lipinski definition) is 2.